The van der Waals surface area contributed by atoms with Gasteiger partial charge in [0, 0.05) is 28.0 Å². The highest BCUT2D eigenvalue weighted by molar-refractivity contribution is 7.07. The lowest BCUT2D eigenvalue weighted by atomic mass is 10.1. The minimum absolute atomic E-state index is 0.0438. The molecule has 9 heteroatoms. The normalized spacial score (nSPS) is 11.7. The molecule has 0 aliphatic rings. The molecule has 0 unspecified atom stereocenters. The van der Waals surface area contributed by atoms with E-state index >= 15 is 0 Å². The molecule has 2 aromatic heterocycles. The van der Waals surface area contributed by atoms with Crippen molar-refractivity contribution in [3.8, 4) is 11.5 Å². The number of nitro benzene ring substituents is 1. The molecule has 0 spiro atoms. The van der Waals surface area contributed by atoms with Gasteiger partial charge in [0.05, 0.1) is 16.9 Å². The molecule has 0 aliphatic heterocycles. The maximum atomic E-state index is 11.4. The number of thiazole rings is 1. The predicted molar refractivity (Wildman–Crippen MR) is 118 cm³/mol. The number of nitrogens with zero attached hydrogens (tertiary/aromatic N) is 3. The SMILES string of the molecule is O=[N+]([O-])c1ccccc1N=c1scc(-c2ccco2)n1CCc1ccc(Cl)cc1Cl. The van der Waals surface area contributed by atoms with Gasteiger partial charge in [0.15, 0.2) is 10.6 Å². The first-order valence-electron chi connectivity index (χ1n) is 8.97. The van der Waals surface area contributed by atoms with Gasteiger partial charge in [0.1, 0.15) is 5.69 Å². The summed E-state index contributed by atoms with van der Waals surface area (Å²) in [7, 11) is 0. The van der Waals surface area contributed by atoms with Crippen LogP contribution >= 0.6 is 34.5 Å². The molecule has 0 aliphatic carbocycles. The Hall–Kier alpha value is -2.87. The van der Waals surface area contributed by atoms with Crippen LogP contribution in [0.1, 0.15) is 5.56 Å². The molecule has 0 bridgehead atoms. The number of nitro groups is 1. The van der Waals surface area contributed by atoms with Crippen LogP contribution in [0.25, 0.3) is 11.5 Å². The molecule has 2 aromatic carbocycles. The number of aryl methyl sites for hydroxylation is 1. The molecule has 152 valence electrons. The molecular weight excluding hydrogens is 445 g/mol. The Morgan fingerprint density at radius 1 is 1.13 bits per heavy atom. The molecule has 0 saturated heterocycles. The van der Waals surface area contributed by atoms with Crippen molar-refractivity contribution in [3.63, 3.8) is 0 Å². The number of para-hydroxylation sites is 2. The van der Waals surface area contributed by atoms with E-state index in [-0.39, 0.29) is 5.69 Å². The van der Waals surface area contributed by atoms with Crippen LogP contribution in [0.2, 0.25) is 10.0 Å². The Labute approximate surface area is 185 Å². The van der Waals surface area contributed by atoms with Crippen molar-refractivity contribution >= 4 is 45.9 Å². The van der Waals surface area contributed by atoms with Gasteiger partial charge in [-0.3, -0.25) is 10.1 Å². The molecule has 0 atom stereocenters. The molecule has 4 rings (SSSR count). The van der Waals surface area contributed by atoms with Crippen LogP contribution in [0.15, 0.2) is 75.7 Å². The fourth-order valence-electron chi connectivity index (χ4n) is 3.03. The second-order valence-corrected chi connectivity index (χ2v) is 8.06. The largest absolute Gasteiger partial charge is 0.463 e. The number of benzene rings is 2. The maximum absolute atomic E-state index is 11.4. The monoisotopic (exact) mass is 459 g/mol. The first kappa shape index (κ1) is 20.4. The van der Waals surface area contributed by atoms with Crippen molar-refractivity contribution in [1.82, 2.24) is 4.57 Å². The molecule has 0 amide bonds. The van der Waals surface area contributed by atoms with Gasteiger partial charge in [0.25, 0.3) is 5.69 Å². The second kappa shape index (κ2) is 8.87. The number of hydrogen-bond acceptors (Lipinski definition) is 5. The lowest BCUT2D eigenvalue weighted by molar-refractivity contribution is -0.384. The van der Waals surface area contributed by atoms with Crippen molar-refractivity contribution in [1.29, 1.82) is 0 Å². The van der Waals surface area contributed by atoms with E-state index in [1.165, 1.54) is 17.4 Å². The Morgan fingerprint density at radius 3 is 2.70 bits per heavy atom. The van der Waals surface area contributed by atoms with Crippen molar-refractivity contribution in [2.24, 2.45) is 4.99 Å². The molecule has 4 aromatic rings. The Morgan fingerprint density at radius 2 is 1.97 bits per heavy atom. The molecule has 0 N–H and O–H groups in total. The fraction of sp³-hybridized carbons (Fsp3) is 0.0952. The predicted octanol–water partition coefficient (Wildman–Crippen LogP) is 6.50. The van der Waals surface area contributed by atoms with Crippen LogP contribution < -0.4 is 4.80 Å². The topological polar surface area (TPSA) is 73.6 Å². The molecule has 30 heavy (non-hydrogen) atoms. The number of aromatic nitrogens is 1. The van der Waals surface area contributed by atoms with Gasteiger partial charge in [-0.1, -0.05) is 41.4 Å². The zero-order chi connectivity index (χ0) is 21.1. The standard InChI is InChI=1S/C21H15Cl2N3O3S/c22-15-8-7-14(16(23)12-15)9-10-25-19(20-6-3-11-29-20)13-30-21(25)24-17-4-1-2-5-18(17)26(27)28/h1-8,11-13H,9-10H2. The van der Waals surface area contributed by atoms with E-state index in [1.807, 2.05) is 28.1 Å². The van der Waals surface area contributed by atoms with Crippen molar-refractivity contribution < 1.29 is 9.34 Å². The van der Waals surface area contributed by atoms with Crippen molar-refractivity contribution in [3.05, 3.63) is 96.8 Å². The number of furan rings is 1. The summed E-state index contributed by atoms with van der Waals surface area (Å²) in [6.45, 7) is 0.556. The van der Waals surface area contributed by atoms with E-state index in [9.17, 15) is 10.1 Å². The van der Waals surface area contributed by atoms with E-state index in [2.05, 4.69) is 4.99 Å². The highest BCUT2D eigenvalue weighted by atomic mass is 35.5. The summed E-state index contributed by atoms with van der Waals surface area (Å²) in [6, 6.07) is 15.5. The van der Waals surface area contributed by atoms with Gasteiger partial charge >= 0.3 is 0 Å². The van der Waals surface area contributed by atoms with Crippen LogP contribution in [-0.4, -0.2) is 9.49 Å². The second-order valence-electron chi connectivity index (χ2n) is 6.38. The minimum atomic E-state index is -0.433. The zero-order valence-corrected chi connectivity index (χ0v) is 17.8. The quantitative estimate of drug-likeness (QED) is 0.244. The van der Waals surface area contributed by atoms with E-state index < -0.39 is 4.92 Å². The van der Waals surface area contributed by atoms with E-state index in [4.69, 9.17) is 27.6 Å². The molecular formula is C21H15Cl2N3O3S. The average molecular weight is 460 g/mol. The summed E-state index contributed by atoms with van der Waals surface area (Å²) in [4.78, 5) is 16.1. The van der Waals surface area contributed by atoms with Crippen LogP contribution in [-0.2, 0) is 13.0 Å². The Bertz CT molecular complexity index is 1260. The first-order chi connectivity index (χ1) is 14.5. The van der Waals surface area contributed by atoms with Crippen LogP contribution in [0.5, 0.6) is 0 Å². The van der Waals surface area contributed by atoms with E-state index in [0.717, 1.165) is 11.3 Å². The third-order valence-corrected chi connectivity index (χ3v) is 5.94. The number of rotatable bonds is 6. The summed E-state index contributed by atoms with van der Waals surface area (Å²) >= 11 is 13.7. The van der Waals surface area contributed by atoms with Crippen molar-refractivity contribution in [2.75, 3.05) is 0 Å². The smallest absolute Gasteiger partial charge is 0.294 e. The third-order valence-electron chi connectivity index (χ3n) is 4.49. The van der Waals surface area contributed by atoms with Crippen molar-refractivity contribution in [2.45, 2.75) is 13.0 Å². The molecule has 0 saturated carbocycles. The average Bonchev–Trinajstić information content (AvgIpc) is 3.38. The summed E-state index contributed by atoms with van der Waals surface area (Å²) in [5.74, 6) is 0.692. The Kier molecular flexibility index (Phi) is 6.03. The Balaban J connectivity index is 1.78. The fourth-order valence-corrected chi connectivity index (χ4v) is 4.46. The lowest BCUT2D eigenvalue weighted by Gasteiger charge is -2.09. The lowest BCUT2D eigenvalue weighted by Crippen LogP contribution is -2.17. The van der Waals surface area contributed by atoms with Gasteiger partial charge in [-0.25, -0.2) is 4.99 Å². The molecule has 0 fully saturated rings. The summed E-state index contributed by atoms with van der Waals surface area (Å²) < 4.78 is 7.55. The van der Waals surface area contributed by atoms with Gasteiger partial charge in [-0.2, -0.15) is 0 Å². The molecule has 0 radical (unpaired) electrons. The van der Waals surface area contributed by atoms with Gasteiger partial charge in [0.2, 0.25) is 0 Å². The maximum Gasteiger partial charge on any atom is 0.294 e. The van der Waals surface area contributed by atoms with Crippen LogP contribution in [0.3, 0.4) is 0 Å². The first-order valence-corrected chi connectivity index (χ1v) is 10.6. The van der Waals surface area contributed by atoms with Gasteiger partial charge in [-0.05, 0) is 42.3 Å². The van der Waals surface area contributed by atoms with Gasteiger partial charge < -0.3 is 8.98 Å². The highest BCUT2D eigenvalue weighted by Gasteiger charge is 2.15. The molecule has 6 nitrogen and oxygen atoms in total. The highest BCUT2D eigenvalue weighted by Crippen LogP contribution is 2.27. The number of halogens is 2. The number of hydrogen-bond donors (Lipinski definition) is 0. The minimum Gasteiger partial charge on any atom is -0.463 e. The summed E-state index contributed by atoms with van der Waals surface area (Å²) in [5, 5.41) is 14.5. The van der Waals surface area contributed by atoms with E-state index in [0.29, 0.717) is 39.3 Å². The van der Waals surface area contributed by atoms with Crippen LogP contribution in [0.4, 0.5) is 11.4 Å². The van der Waals surface area contributed by atoms with Gasteiger partial charge in [-0.15, -0.1) is 11.3 Å². The van der Waals surface area contributed by atoms with Crippen LogP contribution in [0, 0.1) is 10.1 Å². The zero-order valence-electron chi connectivity index (χ0n) is 15.5. The summed E-state index contributed by atoms with van der Waals surface area (Å²) in [5.41, 5.74) is 2.04. The van der Waals surface area contributed by atoms with E-state index in [1.54, 1.807) is 36.6 Å². The third kappa shape index (κ3) is 4.33. The summed E-state index contributed by atoms with van der Waals surface area (Å²) in [6.07, 6.45) is 2.23. The molecule has 2 heterocycles.